The van der Waals surface area contributed by atoms with Crippen molar-refractivity contribution < 1.29 is 0 Å². The topological polar surface area (TPSA) is 56.7 Å². The first-order valence-corrected chi connectivity index (χ1v) is 10.5. The third-order valence-corrected chi connectivity index (χ3v) is 4.98. The second kappa shape index (κ2) is 13.3. The number of benzene rings is 1. The molecular formula is C22H33IN6. The van der Waals surface area contributed by atoms with Gasteiger partial charge in [0.15, 0.2) is 5.96 Å². The molecule has 1 aromatic carbocycles. The summed E-state index contributed by atoms with van der Waals surface area (Å²) in [5, 5.41) is 3.45. The second-order valence-electron chi connectivity index (χ2n) is 7.05. The Balaban J connectivity index is 0.00000300. The Kier molecular flexibility index (Phi) is 10.8. The predicted octanol–water partition coefficient (Wildman–Crippen LogP) is 3.60. The Labute approximate surface area is 191 Å². The average molecular weight is 508 g/mol. The fourth-order valence-corrected chi connectivity index (χ4v) is 3.45. The maximum Gasteiger partial charge on any atom is 0.225 e. The maximum atomic E-state index is 4.86. The molecule has 1 fully saturated rings. The van der Waals surface area contributed by atoms with Crippen LogP contribution in [0.2, 0.25) is 0 Å². The van der Waals surface area contributed by atoms with Crippen LogP contribution in [0, 0.1) is 0 Å². The first-order chi connectivity index (χ1) is 13.9. The Morgan fingerprint density at radius 1 is 0.966 bits per heavy atom. The van der Waals surface area contributed by atoms with Crippen molar-refractivity contribution in [3.05, 3.63) is 54.4 Å². The van der Waals surface area contributed by atoms with Crippen LogP contribution in [0.5, 0.6) is 0 Å². The van der Waals surface area contributed by atoms with Gasteiger partial charge in [-0.2, -0.15) is 0 Å². The van der Waals surface area contributed by atoms with E-state index >= 15 is 0 Å². The summed E-state index contributed by atoms with van der Waals surface area (Å²) in [5.41, 5.74) is 1.43. The number of guanidine groups is 1. The number of aromatic nitrogens is 2. The van der Waals surface area contributed by atoms with Crippen molar-refractivity contribution in [1.82, 2.24) is 20.2 Å². The third kappa shape index (κ3) is 7.79. The summed E-state index contributed by atoms with van der Waals surface area (Å²) in [6, 6.07) is 12.6. The zero-order valence-electron chi connectivity index (χ0n) is 17.3. The summed E-state index contributed by atoms with van der Waals surface area (Å²) in [5.74, 6) is 1.86. The van der Waals surface area contributed by atoms with Crippen LogP contribution in [0.4, 0.5) is 5.95 Å². The smallest absolute Gasteiger partial charge is 0.225 e. The summed E-state index contributed by atoms with van der Waals surface area (Å²) in [4.78, 5) is 18.2. The number of rotatable bonds is 8. The van der Waals surface area contributed by atoms with E-state index in [1.54, 1.807) is 12.4 Å². The van der Waals surface area contributed by atoms with Gasteiger partial charge in [-0.1, -0.05) is 36.8 Å². The quantitative estimate of drug-likeness (QED) is 0.256. The fourth-order valence-electron chi connectivity index (χ4n) is 3.45. The van der Waals surface area contributed by atoms with Gasteiger partial charge in [0, 0.05) is 51.7 Å². The number of hydrogen-bond acceptors (Lipinski definition) is 4. The first kappa shape index (κ1) is 23.4. The number of aryl methyl sites for hydroxylation is 1. The van der Waals surface area contributed by atoms with E-state index in [0.29, 0.717) is 0 Å². The van der Waals surface area contributed by atoms with E-state index in [1.807, 2.05) is 6.07 Å². The van der Waals surface area contributed by atoms with Crippen LogP contribution < -0.4 is 10.2 Å². The summed E-state index contributed by atoms with van der Waals surface area (Å²) in [6.45, 7) is 7.64. The lowest BCUT2D eigenvalue weighted by Gasteiger charge is -2.36. The Morgan fingerprint density at radius 2 is 1.69 bits per heavy atom. The van der Waals surface area contributed by atoms with Gasteiger partial charge in [0.1, 0.15) is 0 Å². The van der Waals surface area contributed by atoms with Crippen molar-refractivity contribution in [2.24, 2.45) is 4.99 Å². The third-order valence-electron chi connectivity index (χ3n) is 4.98. The van der Waals surface area contributed by atoms with E-state index in [4.69, 9.17) is 4.99 Å². The highest BCUT2D eigenvalue weighted by atomic mass is 127. The molecule has 0 unspecified atom stereocenters. The van der Waals surface area contributed by atoms with E-state index in [-0.39, 0.29) is 24.0 Å². The number of anilines is 1. The molecule has 0 bridgehead atoms. The minimum absolute atomic E-state index is 0. The van der Waals surface area contributed by atoms with Crippen molar-refractivity contribution in [1.29, 1.82) is 0 Å². The zero-order valence-corrected chi connectivity index (χ0v) is 19.7. The molecule has 3 rings (SSSR count). The molecule has 29 heavy (non-hydrogen) atoms. The van der Waals surface area contributed by atoms with Crippen molar-refractivity contribution >= 4 is 35.9 Å². The fraction of sp³-hybridized carbons (Fsp3) is 0.500. The highest BCUT2D eigenvalue weighted by Crippen LogP contribution is 2.10. The summed E-state index contributed by atoms with van der Waals surface area (Å²) in [6.07, 6.45) is 8.35. The zero-order chi connectivity index (χ0) is 19.4. The van der Waals surface area contributed by atoms with Crippen LogP contribution >= 0.6 is 24.0 Å². The van der Waals surface area contributed by atoms with Crippen molar-refractivity contribution in [2.75, 3.05) is 44.2 Å². The van der Waals surface area contributed by atoms with Gasteiger partial charge in [-0.25, -0.2) is 9.97 Å². The number of nitrogens with zero attached hydrogens (tertiary/aromatic N) is 5. The van der Waals surface area contributed by atoms with E-state index in [2.05, 4.69) is 62.3 Å². The van der Waals surface area contributed by atoms with Gasteiger partial charge in [-0.15, -0.1) is 24.0 Å². The SMILES string of the molecule is CCNC(=NCCCCCc1ccccc1)N1CCN(c2ncccn2)CC1.I. The lowest BCUT2D eigenvalue weighted by atomic mass is 10.1. The number of hydrogen-bond donors (Lipinski definition) is 1. The van der Waals surface area contributed by atoms with Gasteiger partial charge in [0.25, 0.3) is 0 Å². The molecule has 0 aliphatic carbocycles. The summed E-state index contributed by atoms with van der Waals surface area (Å²) < 4.78 is 0. The molecule has 1 aliphatic heterocycles. The highest BCUT2D eigenvalue weighted by Gasteiger charge is 2.20. The molecule has 2 aromatic rings. The van der Waals surface area contributed by atoms with E-state index in [9.17, 15) is 0 Å². The Bertz CT molecular complexity index is 702. The van der Waals surface area contributed by atoms with Gasteiger partial charge in [-0.05, 0) is 37.8 Å². The molecular weight excluding hydrogens is 475 g/mol. The number of unbranched alkanes of at least 4 members (excludes halogenated alkanes) is 2. The number of aliphatic imine (C=N–C) groups is 1. The molecule has 2 heterocycles. The van der Waals surface area contributed by atoms with Gasteiger partial charge in [0.2, 0.25) is 5.95 Å². The number of nitrogens with one attached hydrogen (secondary N) is 1. The van der Waals surface area contributed by atoms with Crippen LogP contribution in [0.25, 0.3) is 0 Å². The molecule has 0 saturated carbocycles. The van der Waals surface area contributed by atoms with E-state index in [0.717, 1.165) is 64.0 Å². The molecule has 0 spiro atoms. The van der Waals surface area contributed by atoms with Gasteiger partial charge < -0.3 is 15.1 Å². The highest BCUT2D eigenvalue weighted by molar-refractivity contribution is 14.0. The van der Waals surface area contributed by atoms with Gasteiger partial charge >= 0.3 is 0 Å². The Hall–Kier alpha value is -1.90. The predicted molar refractivity (Wildman–Crippen MR) is 131 cm³/mol. The molecule has 1 saturated heterocycles. The molecule has 1 N–H and O–H groups in total. The maximum absolute atomic E-state index is 4.86. The summed E-state index contributed by atoms with van der Waals surface area (Å²) in [7, 11) is 0. The minimum Gasteiger partial charge on any atom is -0.357 e. The number of piperazine rings is 1. The normalized spacial score (nSPS) is 14.4. The van der Waals surface area contributed by atoms with Crippen molar-refractivity contribution in [3.8, 4) is 0 Å². The average Bonchev–Trinajstić information content (AvgIpc) is 2.77. The standard InChI is InChI=1S/C22H32N6.HI/c1-2-23-21(24-13-8-4-7-12-20-10-5-3-6-11-20)27-16-18-28(19-17-27)22-25-14-9-15-26-22;/h3,5-6,9-11,14-15H,2,4,7-8,12-13,16-19H2,1H3,(H,23,24);1H. The molecule has 0 atom stereocenters. The number of halogens is 1. The van der Waals surface area contributed by atoms with Gasteiger partial charge in [0.05, 0.1) is 0 Å². The molecule has 0 radical (unpaired) electrons. The largest absolute Gasteiger partial charge is 0.357 e. The molecule has 7 heteroatoms. The van der Waals surface area contributed by atoms with Crippen molar-refractivity contribution in [2.45, 2.75) is 32.6 Å². The molecule has 1 aromatic heterocycles. The van der Waals surface area contributed by atoms with Crippen molar-refractivity contribution in [3.63, 3.8) is 0 Å². The van der Waals surface area contributed by atoms with Gasteiger partial charge in [-0.3, -0.25) is 4.99 Å². The van der Waals surface area contributed by atoms with Crippen LogP contribution in [-0.4, -0.2) is 60.1 Å². The van der Waals surface area contributed by atoms with E-state index < -0.39 is 0 Å². The van der Waals surface area contributed by atoms with Crippen LogP contribution in [0.15, 0.2) is 53.8 Å². The molecule has 0 amide bonds. The monoisotopic (exact) mass is 508 g/mol. The first-order valence-electron chi connectivity index (χ1n) is 10.5. The van der Waals surface area contributed by atoms with E-state index in [1.165, 1.54) is 18.4 Å². The second-order valence-corrected chi connectivity index (χ2v) is 7.05. The van der Waals surface area contributed by atoms with Crippen LogP contribution in [0.3, 0.4) is 0 Å². The Morgan fingerprint density at radius 3 is 2.38 bits per heavy atom. The van der Waals surface area contributed by atoms with Crippen LogP contribution in [0.1, 0.15) is 31.7 Å². The molecule has 6 nitrogen and oxygen atoms in total. The summed E-state index contributed by atoms with van der Waals surface area (Å²) >= 11 is 0. The minimum atomic E-state index is 0. The van der Waals surface area contributed by atoms with Crippen LogP contribution in [-0.2, 0) is 6.42 Å². The molecule has 1 aliphatic rings. The lowest BCUT2D eigenvalue weighted by Crippen LogP contribution is -2.53. The molecule has 158 valence electrons. The lowest BCUT2D eigenvalue weighted by molar-refractivity contribution is 0.370.